The maximum Gasteiger partial charge on any atom is 0.246 e. The molecule has 4 aromatic carbocycles. The van der Waals surface area contributed by atoms with Crippen LogP contribution in [0.1, 0.15) is 33.4 Å². The smallest absolute Gasteiger partial charge is 0.246 e. The summed E-state index contributed by atoms with van der Waals surface area (Å²) < 4.78 is 17.8. The topological polar surface area (TPSA) is 64.1 Å². The number of rotatable bonds is 13. The van der Waals surface area contributed by atoms with E-state index in [0.29, 0.717) is 48.0 Å². The molecular formula is C42H42Cl3N3O4. The van der Waals surface area contributed by atoms with Crippen molar-refractivity contribution in [3.05, 3.63) is 153 Å². The number of benzene rings is 4. The highest BCUT2D eigenvalue weighted by molar-refractivity contribution is 6.30. The van der Waals surface area contributed by atoms with E-state index in [1.54, 1.807) is 18.3 Å². The van der Waals surface area contributed by atoms with E-state index in [1.807, 2.05) is 91.6 Å². The zero-order chi connectivity index (χ0) is 35.6. The number of ether oxygens (including phenoxy) is 3. The molecule has 0 radical (unpaired) electrons. The lowest BCUT2D eigenvalue weighted by Gasteiger charge is -2.34. The fourth-order valence-corrected chi connectivity index (χ4v) is 6.28. The van der Waals surface area contributed by atoms with Crippen molar-refractivity contribution in [2.75, 3.05) is 32.8 Å². The van der Waals surface area contributed by atoms with E-state index in [4.69, 9.17) is 37.4 Å². The summed E-state index contributed by atoms with van der Waals surface area (Å²) in [6.45, 7) is 8.94. The van der Waals surface area contributed by atoms with Crippen LogP contribution in [-0.4, -0.2) is 53.5 Å². The zero-order valence-electron chi connectivity index (χ0n) is 29.3. The number of aromatic nitrogens is 1. The third kappa shape index (κ3) is 11.2. The molecule has 0 aliphatic carbocycles. The largest absolute Gasteiger partial charge is 0.493 e. The van der Waals surface area contributed by atoms with Gasteiger partial charge in [-0.25, -0.2) is 4.98 Å². The standard InChI is InChI=1S/C42H41Cl2N3O4.ClH/c1-30-24-34(25-31(2)42(30)51-40-16-15-39(27-45-40)50-29-35-4-3-5-37(44)26-35)10-17-41(48)47-21-19-46(20-22-47)28-33-8-6-32(7-9-33)18-23-49-38-13-11-36(43)12-14-38;/h3-17,24-27H,18-23,28-29H2,1-2H3;1H. The van der Waals surface area contributed by atoms with E-state index in [-0.39, 0.29) is 18.3 Å². The lowest BCUT2D eigenvalue weighted by molar-refractivity contribution is -0.127. The molecule has 0 atom stereocenters. The normalized spacial score (nSPS) is 13.1. The molecule has 7 nitrogen and oxygen atoms in total. The average molecular weight is 759 g/mol. The number of carbonyl (C=O) groups is 1. The molecule has 10 heteroatoms. The lowest BCUT2D eigenvalue weighted by Crippen LogP contribution is -2.47. The lowest BCUT2D eigenvalue weighted by atomic mass is 10.1. The minimum absolute atomic E-state index is 0. The maximum atomic E-state index is 13.1. The molecule has 0 spiro atoms. The van der Waals surface area contributed by atoms with Crippen LogP contribution < -0.4 is 14.2 Å². The molecule has 52 heavy (non-hydrogen) atoms. The monoisotopic (exact) mass is 757 g/mol. The molecule has 1 amide bonds. The van der Waals surface area contributed by atoms with Gasteiger partial charge in [0.2, 0.25) is 11.8 Å². The summed E-state index contributed by atoms with van der Waals surface area (Å²) in [5.41, 5.74) is 6.35. The summed E-state index contributed by atoms with van der Waals surface area (Å²) in [7, 11) is 0. The first-order valence-corrected chi connectivity index (χ1v) is 17.8. The van der Waals surface area contributed by atoms with Gasteiger partial charge in [-0.1, -0.05) is 59.6 Å². The molecular weight excluding hydrogens is 717 g/mol. The van der Waals surface area contributed by atoms with Crippen LogP contribution in [0, 0.1) is 13.8 Å². The molecule has 0 saturated carbocycles. The fraction of sp³-hybridized carbons (Fsp3) is 0.238. The number of amides is 1. The number of pyridine rings is 1. The predicted molar refractivity (Wildman–Crippen MR) is 211 cm³/mol. The van der Waals surface area contributed by atoms with Crippen LogP contribution >= 0.6 is 35.6 Å². The Kier molecular flexibility index (Phi) is 14.0. The van der Waals surface area contributed by atoms with Gasteiger partial charge >= 0.3 is 0 Å². The third-order valence-electron chi connectivity index (χ3n) is 8.70. The Morgan fingerprint density at radius 3 is 2.13 bits per heavy atom. The Hall–Kier alpha value is -4.53. The van der Waals surface area contributed by atoms with Gasteiger partial charge in [-0.2, -0.15) is 0 Å². The van der Waals surface area contributed by atoms with Gasteiger partial charge in [0.15, 0.2) is 0 Å². The maximum absolute atomic E-state index is 13.1. The Bertz CT molecular complexity index is 1920. The molecule has 1 saturated heterocycles. The number of nitrogens with zero attached hydrogens (tertiary/aromatic N) is 3. The summed E-state index contributed by atoms with van der Waals surface area (Å²) in [6, 6.07) is 31.4. The SMILES string of the molecule is Cc1cc(C=CC(=O)N2CCN(Cc3ccc(CCOc4ccc(Cl)cc4)cc3)CC2)cc(C)c1Oc1ccc(OCc2cccc(Cl)c2)cn1.Cl. The molecule has 2 heterocycles. The first-order valence-electron chi connectivity index (χ1n) is 17.1. The van der Waals surface area contributed by atoms with E-state index in [2.05, 4.69) is 34.1 Å². The Labute approximate surface area is 322 Å². The van der Waals surface area contributed by atoms with Crippen LogP contribution in [0.3, 0.4) is 0 Å². The van der Waals surface area contributed by atoms with Crippen molar-refractivity contribution >= 4 is 47.6 Å². The first-order chi connectivity index (χ1) is 24.8. The van der Waals surface area contributed by atoms with Crippen molar-refractivity contribution in [2.45, 2.75) is 33.4 Å². The van der Waals surface area contributed by atoms with Gasteiger partial charge in [-0.15, -0.1) is 12.4 Å². The Balaban J connectivity index is 0.00000523. The van der Waals surface area contributed by atoms with E-state index >= 15 is 0 Å². The second kappa shape index (κ2) is 18.8. The van der Waals surface area contributed by atoms with Crippen LogP contribution in [0.25, 0.3) is 6.08 Å². The number of hydrogen-bond donors (Lipinski definition) is 0. The Morgan fingerprint density at radius 2 is 1.46 bits per heavy atom. The molecule has 1 aliphatic rings. The quantitative estimate of drug-likeness (QED) is 0.112. The fourth-order valence-electron chi connectivity index (χ4n) is 5.94. The minimum atomic E-state index is 0. The van der Waals surface area contributed by atoms with Crippen LogP contribution in [-0.2, 0) is 24.4 Å². The van der Waals surface area contributed by atoms with Gasteiger partial charge in [0, 0.05) is 61.3 Å². The van der Waals surface area contributed by atoms with Crippen molar-refractivity contribution in [1.29, 1.82) is 0 Å². The Morgan fingerprint density at radius 1 is 0.769 bits per heavy atom. The summed E-state index contributed by atoms with van der Waals surface area (Å²) in [4.78, 5) is 21.8. The van der Waals surface area contributed by atoms with Gasteiger partial charge in [0.05, 0.1) is 12.8 Å². The van der Waals surface area contributed by atoms with Crippen molar-refractivity contribution in [3.63, 3.8) is 0 Å². The second-order valence-electron chi connectivity index (χ2n) is 12.6. The number of aryl methyl sites for hydroxylation is 2. The predicted octanol–water partition coefficient (Wildman–Crippen LogP) is 9.78. The summed E-state index contributed by atoms with van der Waals surface area (Å²) in [5, 5.41) is 1.38. The number of hydrogen-bond acceptors (Lipinski definition) is 6. The molecule has 1 aromatic heterocycles. The summed E-state index contributed by atoms with van der Waals surface area (Å²) in [6.07, 6.45) is 6.03. The zero-order valence-corrected chi connectivity index (χ0v) is 31.6. The molecule has 1 aliphatic heterocycles. The number of piperazine rings is 1. The van der Waals surface area contributed by atoms with Crippen molar-refractivity contribution < 1.29 is 19.0 Å². The van der Waals surface area contributed by atoms with Crippen LogP contribution in [0.15, 0.2) is 109 Å². The van der Waals surface area contributed by atoms with Crippen molar-refractivity contribution in [1.82, 2.24) is 14.8 Å². The van der Waals surface area contributed by atoms with Crippen LogP contribution in [0.2, 0.25) is 10.0 Å². The van der Waals surface area contributed by atoms with E-state index in [1.165, 1.54) is 11.1 Å². The highest BCUT2D eigenvalue weighted by atomic mass is 35.5. The van der Waals surface area contributed by atoms with E-state index in [0.717, 1.165) is 59.8 Å². The highest BCUT2D eigenvalue weighted by Gasteiger charge is 2.20. The molecule has 270 valence electrons. The minimum Gasteiger partial charge on any atom is -0.493 e. The average Bonchev–Trinajstić information content (AvgIpc) is 3.14. The number of halogens is 3. The molecule has 1 fully saturated rings. The van der Waals surface area contributed by atoms with Crippen molar-refractivity contribution in [2.24, 2.45) is 0 Å². The van der Waals surface area contributed by atoms with Gasteiger partial charge in [0.25, 0.3) is 0 Å². The summed E-state index contributed by atoms with van der Waals surface area (Å²) >= 11 is 12.0. The van der Waals surface area contributed by atoms with Crippen LogP contribution in [0.5, 0.6) is 23.1 Å². The number of carbonyl (C=O) groups excluding carboxylic acids is 1. The molecule has 0 bridgehead atoms. The van der Waals surface area contributed by atoms with Gasteiger partial charge in [0.1, 0.15) is 23.9 Å². The summed E-state index contributed by atoms with van der Waals surface area (Å²) in [5.74, 6) is 2.71. The molecule has 6 rings (SSSR count). The molecule has 5 aromatic rings. The van der Waals surface area contributed by atoms with E-state index < -0.39 is 0 Å². The van der Waals surface area contributed by atoms with Crippen LogP contribution in [0.4, 0.5) is 0 Å². The third-order valence-corrected chi connectivity index (χ3v) is 9.18. The van der Waals surface area contributed by atoms with Crippen molar-refractivity contribution in [3.8, 4) is 23.1 Å². The second-order valence-corrected chi connectivity index (χ2v) is 13.5. The van der Waals surface area contributed by atoms with E-state index in [9.17, 15) is 4.79 Å². The highest BCUT2D eigenvalue weighted by Crippen LogP contribution is 2.30. The van der Waals surface area contributed by atoms with Gasteiger partial charge in [-0.3, -0.25) is 9.69 Å². The molecule has 0 unspecified atom stereocenters. The molecule has 0 N–H and O–H groups in total. The first kappa shape index (κ1) is 38.7. The van der Waals surface area contributed by atoms with Gasteiger partial charge < -0.3 is 19.1 Å². The van der Waals surface area contributed by atoms with Gasteiger partial charge in [-0.05, 0) is 108 Å².